The predicted octanol–water partition coefficient (Wildman–Crippen LogP) is 4.94. The van der Waals surface area contributed by atoms with E-state index in [0.29, 0.717) is 11.6 Å². The SMILES string of the molecule is CCN1c2ccc(/C=C3/C(=O)NC(=S)N(c4ccc(C)cc4)C3=O)cc2C(C)CC1(C)C. The van der Waals surface area contributed by atoms with Crippen LogP contribution in [0.25, 0.3) is 6.08 Å². The first-order valence-corrected chi connectivity index (χ1v) is 11.4. The van der Waals surface area contributed by atoms with Crippen LogP contribution in [0.5, 0.6) is 0 Å². The number of benzene rings is 2. The third-order valence-corrected chi connectivity index (χ3v) is 6.72. The van der Waals surface area contributed by atoms with Crippen molar-refractivity contribution in [3.63, 3.8) is 0 Å². The van der Waals surface area contributed by atoms with Crippen molar-refractivity contribution in [1.82, 2.24) is 5.32 Å². The lowest BCUT2D eigenvalue weighted by atomic mass is 9.79. The number of carbonyl (C=O) groups excluding carboxylic acids is 2. The minimum Gasteiger partial charge on any atom is -0.366 e. The van der Waals surface area contributed by atoms with Crippen LogP contribution in [0, 0.1) is 6.92 Å². The molecule has 5 nitrogen and oxygen atoms in total. The van der Waals surface area contributed by atoms with Crippen LogP contribution in [0.4, 0.5) is 11.4 Å². The Hall–Kier alpha value is -2.99. The fourth-order valence-corrected chi connectivity index (χ4v) is 5.23. The summed E-state index contributed by atoms with van der Waals surface area (Å²) in [6.45, 7) is 11.9. The molecule has 0 bridgehead atoms. The molecule has 2 aromatic rings. The van der Waals surface area contributed by atoms with E-state index in [2.05, 4.69) is 50.0 Å². The number of aryl methyl sites for hydroxylation is 1. The molecule has 0 aliphatic carbocycles. The molecule has 0 spiro atoms. The highest BCUT2D eigenvalue weighted by Gasteiger charge is 2.36. The molecular weight excluding hydrogens is 418 g/mol. The molecule has 4 rings (SSSR count). The van der Waals surface area contributed by atoms with Crippen molar-refractivity contribution in [2.24, 2.45) is 0 Å². The molecule has 1 unspecified atom stereocenters. The number of hydrogen-bond donors (Lipinski definition) is 1. The Balaban J connectivity index is 1.72. The van der Waals surface area contributed by atoms with Gasteiger partial charge in [0.1, 0.15) is 5.57 Å². The molecule has 2 amide bonds. The number of nitrogens with zero attached hydrogens (tertiary/aromatic N) is 2. The van der Waals surface area contributed by atoms with Crippen molar-refractivity contribution in [3.8, 4) is 0 Å². The molecule has 32 heavy (non-hydrogen) atoms. The van der Waals surface area contributed by atoms with Gasteiger partial charge in [-0.2, -0.15) is 0 Å². The monoisotopic (exact) mass is 447 g/mol. The quantitative estimate of drug-likeness (QED) is 0.411. The normalized spacial score (nSPS) is 21.6. The van der Waals surface area contributed by atoms with E-state index in [9.17, 15) is 9.59 Å². The van der Waals surface area contributed by atoms with E-state index < -0.39 is 11.8 Å². The lowest BCUT2D eigenvalue weighted by Crippen LogP contribution is -2.54. The van der Waals surface area contributed by atoms with E-state index in [4.69, 9.17) is 12.2 Å². The Bertz CT molecular complexity index is 1130. The molecule has 1 atom stereocenters. The summed E-state index contributed by atoms with van der Waals surface area (Å²) >= 11 is 5.30. The first kappa shape index (κ1) is 22.2. The van der Waals surface area contributed by atoms with Crippen LogP contribution < -0.4 is 15.1 Å². The Morgan fingerprint density at radius 1 is 1.16 bits per heavy atom. The van der Waals surface area contributed by atoms with Gasteiger partial charge in [-0.25, -0.2) is 0 Å². The summed E-state index contributed by atoms with van der Waals surface area (Å²) in [5, 5.41) is 2.76. The lowest BCUT2D eigenvalue weighted by molar-refractivity contribution is -0.122. The van der Waals surface area contributed by atoms with Gasteiger partial charge in [0, 0.05) is 17.8 Å². The highest BCUT2D eigenvalue weighted by atomic mass is 32.1. The first-order valence-electron chi connectivity index (χ1n) is 11.0. The van der Waals surface area contributed by atoms with Crippen LogP contribution in [0.15, 0.2) is 48.0 Å². The number of carbonyl (C=O) groups is 2. The summed E-state index contributed by atoms with van der Waals surface area (Å²) in [5.41, 5.74) is 5.19. The van der Waals surface area contributed by atoms with Crippen molar-refractivity contribution in [2.75, 3.05) is 16.3 Å². The fourth-order valence-electron chi connectivity index (χ4n) is 4.95. The molecule has 2 aliphatic heterocycles. The second-order valence-electron chi connectivity index (χ2n) is 9.27. The van der Waals surface area contributed by atoms with E-state index in [-0.39, 0.29) is 16.2 Å². The van der Waals surface area contributed by atoms with Gasteiger partial charge in [0.05, 0.1) is 5.69 Å². The van der Waals surface area contributed by atoms with Crippen molar-refractivity contribution < 1.29 is 9.59 Å². The Morgan fingerprint density at radius 2 is 1.84 bits per heavy atom. The van der Waals surface area contributed by atoms with E-state index in [1.165, 1.54) is 16.2 Å². The van der Waals surface area contributed by atoms with Crippen LogP contribution >= 0.6 is 12.2 Å². The maximum Gasteiger partial charge on any atom is 0.270 e. The summed E-state index contributed by atoms with van der Waals surface area (Å²) in [7, 11) is 0. The van der Waals surface area contributed by atoms with E-state index in [1.54, 1.807) is 6.08 Å². The first-order chi connectivity index (χ1) is 15.1. The average molecular weight is 448 g/mol. The predicted molar refractivity (Wildman–Crippen MR) is 134 cm³/mol. The van der Waals surface area contributed by atoms with Gasteiger partial charge in [0.2, 0.25) is 0 Å². The van der Waals surface area contributed by atoms with Crippen molar-refractivity contribution in [3.05, 3.63) is 64.7 Å². The van der Waals surface area contributed by atoms with Crippen LogP contribution in [0.2, 0.25) is 0 Å². The maximum atomic E-state index is 13.3. The third kappa shape index (κ3) is 3.84. The van der Waals surface area contributed by atoms with Crippen molar-refractivity contribution >= 4 is 46.6 Å². The maximum absolute atomic E-state index is 13.3. The Labute approximate surface area is 195 Å². The summed E-state index contributed by atoms with van der Waals surface area (Å²) in [6, 6.07) is 13.7. The van der Waals surface area contributed by atoms with E-state index >= 15 is 0 Å². The molecule has 2 aliphatic rings. The van der Waals surface area contributed by atoms with Gasteiger partial charge in [-0.15, -0.1) is 0 Å². The topological polar surface area (TPSA) is 52.7 Å². The minimum absolute atomic E-state index is 0.0789. The van der Waals surface area contributed by atoms with Crippen LogP contribution in [0.3, 0.4) is 0 Å². The summed E-state index contributed by atoms with van der Waals surface area (Å²) in [5.74, 6) is -0.496. The largest absolute Gasteiger partial charge is 0.366 e. The van der Waals surface area contributed by atoms with Crippen molar-refractivity contribution in [2.45, 2.75) is 52.5 Å². The second kappa shape index (κ2) is 8.17. The molecule has 2 heterocycles. The van der Waals surface area contributed by atoms with Gasteiger partial charge >= 0.3 is 0 Å². The standard InChI is InChI=1S/C26H29N3O2S/c1-6-28-22-12-9-18(13-20(22)17(3)15-26(28,4)5)14-21-23(30)27-25(32)29(24(21)31)19-10-7-16(2)8-11-19/h7-14,17H,6,15H2,1-5H3,(H,27,30,32)/b21-14-. The third-order valence-electron chi connectivity index (χ3n) is 6.43. The van der Waals surface area contributed by atoms with Crippen LogP contribution in [0.1, 0.15) is 56.7 Å². The average Bonchev–Trinajstić information content (AvgIpc) is 2.72. The Morgan fingerprint density at radius 3 is 2.50 bits per heavy atom. The summed E-state index contributed by atoms with van der Waals surface area (Å²) in [6.07, 6.45) is 2.71. The number of nitrogens with one attached hydrogen (secondary N) is 1. The number of hydrogen-bond acceptors (Lipinski definition) is 4. The molecule has 2 aromatic carbocycles. The van der Waals surface area contributed by atoms with Gasteiger partial charge in [-0.05, 0) is 93.7 Å². The molecule has 0 saturated carbocycles. The van der Waals surface area contributed by atoms with Gasteiger partial charge in [-0.3, -0.25) is 19.8 Å². The zero-order chi connectivity index (χ0) is 23.2. The number of fused-ring (bicyclic) bond motifs is 1. The summed E-state index contributed by atoms with van der Waals surface area (Å²) in [4.78, 5) is 29.7. The molecular formula is C26H29N3O2S. The molecule has 6 heteroatoms. The Kier molecular flexibility index (Phi) is 5.67. The number of thiocarbonyl (C=S) groups is 1. The molecule has 166 valence electrons. The molecule has 1 saturated heterocycles. The molecule has 0 radical (unpaired) electrons. The molecule has 1 fully saturated rings. The number of anilines is 2. The van der Waals surface area contributed by atoms with Crippen molar-refractivity contribution in [1.29, 1.82) is 0 Å². The second-order valence-corrected chi connectivity index (χ2v) is 9.66. The lowest BCUT2D eigenvalue weighted by Gasteiger charge is -2.47. The summed E-state index contributed by atoms with van der Waals surface area (Å²) < 4.78 is 0. The fraction of sp³-hybridized carbons (Fsp3) is 0.346. The molecule has 0 aromatic heterocycles. The van der Waals surface area contributed by atoms with E-state index in [1.807, 2.05) is 37.3 Å². The smallest absolute Gasteiger partial charge is 0.270 e. The highest BCUT2D eigenvalue weighted by Crippen LogP contribution is 2.43. The number of rotatable bonds is 3. The zero-order valence-corrected chi connectivity index (χ0v) is 20.0. The van der Waals surface area contributed by atoms with E-state index in [0.717, 1.165) is 24.1 Å². The minimum atomic E-state index is -0.467. The highest BCUT2D eigenvalue weighted by molar-refractivity contribution is 7.80. The van der Waals surface area contributed by atoms with Crippen LogP contribution in [-0.4, -0.2) is 29.0 Å². The van der Waals surface area contributed by atoms with Gasteiger partial charge in [0.15, 0.2) is 5.11 Å². The van der Waals surface area contributed by atoms with Crippen LogP contribution in [-0.2, 0) is 9.59 Å². The van der Waals surface area contributed by atoms with Gasteiger partial charge < -0.3 is 4.90 Å². The number of amides is 2. The zero-order valence-electron chi connectivity index (χ0n) is 19.2. The van der Waals surface area contributed by atoms with Gasteiger partial charge in [0.25, 0.3) is 11.8 Å². The van der Waals surface area contributed by atoms with Gasteiger partial charge in [-0.1, -0.05) is 30.7 Å². The molecule has 1 N–H and O–H groups in total.